The van der Waals surface area contributed by atoms with E-state index in [0.717, 1.165) is 21.2 Å². The van der Waals surface area contributed by atoms with Gasteiger partial charge in [-0.2, -0.15) is 0 Å². The largest absolute Gasteiger partial charge is 0.490 e. The van der Waals surface area contributed by atoms with E-state index >= 15 is 0 Å². The summed E-state index contributed by atoms with van der Waals surface area (Å²) < 4.78 is 13.5. The van der Waals surface area contributed by atoms with E-state index in [1.807, 2.05) is 92.7 Å². The van der Waals surface area contributed by atoms with Gasteiger partial charge >= 0.3 is 0 Å². The molecule has 4 nitrogen and oxygen atoms in total. The number of amides is 1. The molecule has 34 heavy (non-hydrogen) atoms. The first-order chi connectivity index (χ1) is 16.5. The maximum atomic E-state index is 13.1. The van der Waals surface area contributed by atoms with Crippen molar-refractivity contribution < 1.29 is 14.3 Å². The van der Waals surface area contributed by atoms with Gasteiger partial charge in [-0.05, 0) is 64.7 Å². The summed E-state index contributed by atoms with van der Waals surface area (Å²) in [6.45, 7) is 4.88. The van der Waals surface area contributed by atoms with Gasteiger partial charge in [0.2, 0.25) is 0 Å². The molecule has 1 aliphatic rings. The fraction of sp³-hybridized carbons (Fsp3) is 0.185. The standard InChI is InChI=1S/C27H24BrNO3S2/c1-3-31-23-15-20(14-22(28)25(23)32-18(2)21-12-8-5-9-13-21)16-24-26(30)29(27(33)34-24)17-19-10-6-4-7-11-19/h4-16,18H,3,17H2,1-2H3/b24-16-/t18-/m0/s1. The maximum Gasteiger partial charge on any atom is 0.266 e. The van der Waals surface area contributed by atoms with Crippen LogP contribution in [0, 0.1) is 0 Å². The molecule has 1 amide bonds. The van der Waals surface area contributed by atoms with Crippen LogP contribution in [-0.2, 0) is 11.3 Å². The molecular weight excluding hydrogens is 530 g/mol. The van der Waals surface area contributed by atoms with Gasteiger partial charge in [-0.1, -0.05) is 84.6 Å². The van der Waals surface area contributed by atoms with Crippen LogP contribution in [0.4, 0.5) is 0 Å². The molecule has 0 aliphatic carbocycles. The number of rotatable bonds is 8. The van der Waals surface area contributed by atoms with Crippen LogP contribution in [0.25, 0.3) is 6.08 Å². The summed E-state index contributed by atoms with van der Waals surface area (Å²) >= 11 is 10.4. The zero-order chi connectivity index (χ0) is 24.1. The summed E-state index contributed by atoms with van der Waals surface area (Å²) in [5.41, 5.74) is 2.94. The Balaban J connectivity index is 1.58. The lowest BCUT2D eigenvalue weighted by Gasteiger charge is -2.19. The van der Waals surface area contributed by atoms with Crippen molar-refractivity contribution in [3.8, 4) is 11.5 Å². The zero-order valence-electron chi connectivity index (χ0n) is 18.9. The molecule has 0 unspecified atom stereocenters. The molecule has 0 saturated carbocycles. The van der Waals surface area contributed by atoms with E-state index in [4.69, 9.17) is 21.7 Å². The molecule has 0 bridgehead atoms. The van der Waals surface area contributed by atoms with Crippen molar-refractivity contribution >= 4 is 56.2 Å². The monoisotopic (exact) mass is 553 g/mol. The Labute approximate surface area is 218 Å². The van der Waals surface area contributed by atoms with Crippen LogP contribution in [-0.4, -0.2) is 21.7 Å². The highest BCUT2D eigenvalue weighted by Gasteiger charge is 2.32. The van der Waals surface area contributed by atoms with Crippen LogP contribution in [0.15, 0.2) is 82.2 Å². The second-order valence-corrected chi connectivity index (χ2v) is 10.2. The zero-order valence-corrected chi connectivity index (χ0v) is 22.1. The smallest absolute Gasteiger partial charge is 0.266 e. The summed E-state index contributed by atoms with van der Waals surface area (Å²) in [6, 6.07) is 23.7. The van der Waals surface area contributed by atoms with Gasteiger partial charge in [0.05, 0.1) is 22.5 Å². The molecule has 1 aliphatic heterocycles. The number of hydrogen-bond acceptors (Lipinski definition) is 5. The van der Waals surface area contributed by atoms with Crippen LogP contribution >= 0.6 is 39.9 Å². The molecule has 0 spiro atoms. The number of benzene rings is 3. The third-order valence-electron chi connectivity index (χ3n) is 5.25. The van der Waals surface area contributed by atoms with E-state index in [1.54, 1.807) is 4.90 Å². The molecule has 3 aromatic rings. The first-order valence-electron chi connectivity index (χ1n) is 10.9. The number of thioether (sulfide) groups is 1. The molecule has 7 heteroatoms. The minimum atomic E-state index is -0.156. The molecular formula is C27H24BrNO3S2. The topological polar surface area (TPSA) is 38.8 Å². The molecule has 1 saturated heterocycles. The molecule has 1 atom stereocenters. The SMILES string of the molecule is CCOc1cc(/C=C2\SC(=S)N(Cc3ccccc3)C2=O)cc(Br)c1O[C@@H](C)c1ccccc1. The lowest BCUT2D eigenvalue weighted by atomic mass is 10.1. The van der Waals surface area contributed by atoms with Crippen molar-refractivity contribution in [2.45, 2.75) is 26.5 Å². The number of ether oxygens (including phenoxy) is 2. The number of halogens is 1. The molecule has 3 aromatic carbocycles. The van der Waals surface area contributed by atoms with E-state index in [1.165, 1.54) is 11.8 Å². The lowest BCUT2D eigenvalue weighted by Crippen LogP contribution is -2.27. The average molecular weight is 555 g/mol. The Morgan fingerprint density at radius 2 is 1.76 bits per heavy atom. The molecule has 1 heterocycles. The highest BCUT2D eigenvalue weighted by Crippen LogP contribution is 2.41. The van der Waals surface area contributed by atoms with Gasteiger partial charge in [-0.15, -0.1) is 0 Å². The predicted molar refractivity (Wildman–Crippen MR) is 146 cm³/mol. The number of thiocarbonyl (C=S) groups is 1. The Morgan fingerprint density at radius 3 is 2.44 bits per heavy atom. The number of carbonyl (C=O) groups excluding carboxylic acids is 1. The summed E-state index contributed by atoms with van der Waals surface area (Å²) in [7, 11) is 0. The molecule has 174 valence electrons. The van der Waals surface area contributed by atoms with Gasteiger partial charge in [-0.3, -0.25) is 9.69 Å². The highest BCUT2D eigenvalue weighted by atomic mass is 79.9. The Bertz CT molecular complexity index is 1220. The molecule has 4 rings (SSSR count). The lowest BCUT2D eigenvalue weighted by molar-refractivity contribution is -0.122. The minimum absolute atomic E-state index is 0.0917. The van der Waals surface area contributed by atoms with Gasteiger partial charge in [0.25, 0.3) is 5.91 Å². The van der Waals surface area contributed by atoms with E-state index in [-0.39, 0.29) is 12.0 Å². The van der Waals surface area contributed by atoms with Crippen molar-refractivity contribution in [3.63, 3.8) is 0 Å². The van der Waals surface area contributed by atoms with Gasteiger partial charge < -0.3 is 9.47 Å². The average Bonchev–Trinajstić information content (AvgIpc) is 3.10. The van der Waals surface area contributed by atoms with E-state index in [0.29, 0.717) is 33.9 Å². The number of hydrogen-bond donors (Lipinski definition) is 0. The normalized spacial score (nSPS) is 15.6. The van der Waals surface area contributed by atoms with Gasteiger partial charge in [-0.25, -0.2) is 0 Å². The first-order valence-corrected chi connectivity index (χ1v) is 12.9. The van der Waals surface area contributed by atoms with Crippen molar-refractivity contribution in [2.75, 3.05) is 6.61 Å². The van der Waals surface area contributed by atoms with Crippen molar-refractivity contribution in [3.05, 3.63) is 98.9 Å². The van der Waals surface area contributed by atoms with Crippen LogP contribution in [0.5, 0.6) is 11.5 Å². The summed E-state index contributed by atoms with van der Waals surface area (Å²) in [5, 5.41) is 0. The fourth-order valence-electron chi connectivity index (χ4n) is 3.57. The summed E-state index contributed by atoms with van der Waals surface area (Å²) in [5.74, 6) is 1.16. The van der Waals surface area contributed by atoms with Gasteiger partial charge in [0.15, 0.2) is 11.5 Å². The van der Waals surface area contributed by atoms with E-state index < -0.39 is 0 Å². The predicted octanol–water partition coefficient (Wildman–Crippen LogP) is 7.39. The van der Waals surface area contributed by atoms with Gasteiger partial charge in [0.1, 0.15) is 10.4 Å². The van der Waals surface area contributed by atoms with Crippen LogP contribution in [0.3, 0.4) is 0 Å². The van der Waals surface area contributed by atoms with Crippen LogP contribution in [0.2, 0.25) is 0 Å². The van der Waals surface area contributed by atoms with Gasteiger partial charge in [0, 0.05) is 0 Å². The Morgan fingerprint density at radius 1 is 1.09 bits per heavy atom. The van der Waals surface area contributed by atoms with Crippen molar-refractivity contribution in [1.82, 2.24) is 4.90 Å². The molecule has 1 fully saturated rings. The fourth-order valence-corrected chi connectivity index (χ4v) is 5.38. The summed E-state index contributed by atoms with van der Waals surface area (Å²) in [6.07, 6.45) is 1.69. The van der Waals surface area contributed by atoms with Crippen LogP contribution < -0.4 is 9.47 Å². The third kappa shape index (κ3) is 5.71. The summed E-state index contributed by atoms with van der Waals surface area (Å²) in [4.78, 5) is 15.3. The van der Waals surface area contributed by atoms with E-state index in [9.17, 15) is 4.79 Å². The maximum absolute atomic E-state index is 13.1. The number of nitrogens with zero attached hydrogens (tertiary/aromatic N) is 1. The number of carbonyl (C=O) groups is 1. The quantitative estimate of drug-likeness (QED) is 0.215. The Hall–Kier alpha value is -2.61. The molecule has 0 N–H and O–H groups in total. The molecule has 0 radical (unpaired) electrons. The van der Waals surface area contributed by atoms with Crippen molar-refractivity contribution in [1.29, 1.82) is 0 Å². The second kappa shape index (κ2) is 11.2. The highest BCUT2D eigenvalue weighted by molar-refractivity contribution is 9.10. The van der Waals surface area contributed by atoms with Crippen molar-refractivity contribution in [2.24, 2.45) is 0 Å². The first kappa shape index (κ1) is 24.5. The van der Waals surface area contributed by atoms with E-state index in [2.05, 4.69) is 15.9 Å². The second-order valence-electron chi connectivity index (χ2n) is 7.69. The van der Waals surface area contributed by atoms with Crippen LogP contribution in [0.1, 0.15) is 36.6 Å². The minimum Gasteiger partial charge on any atom is -0.490 e. The molecule has 0 aromatic heterocycles. The third-order valence-corrected chi connectivity index (χ3v) is 7.22. The Kier molecular flexibility index (Phi) is 8.08.